The van der Waals surface area contributed by atoms with Crippen molar-refractivity contribution in [3.63, 3.8) is 0 Å². The molecular formula is C18H14N4O2. The highest BCUT2D eigenvalue weighted by molar-refractivity contribution is 6.15. The summed E-state index contributed by atoms with van der Waals surface area (Å²) in [5, 5.41) is 11.2. The Balaban J connectivity index is 2.00. The lowest BCUT2D eigenvalue weighted by molar-refractivity contribution is -0.384. The Labute approximate surface area is 138 Å². The van der Waals surface area contributed by atoms with Gasteiger partial charge in [-0.3, -0.25) is 15.1 Å². The van der Waals surface area contributed by atoms with E-state index in [1.54, 1.807) is 12.1 Å². The molecule has 1 aromatic heterocycles. The molecule has 0 aliphatic carbocycles. The number of aromatic nitrogens is 2. The van der Waals surface area contributed by atoms with Crippen LogP contribution in [0.1, 0.15) is 22.6 Å². The van der Waals surface area contributed by atoms with Gasteiger partial charge in [-0.25, -0.2) is 4.98 Å². The van der Waals surface area contributed by atoms with Crippen LogP contribution in [0.4, 0.5) is 5.69 Å². The van der Waals surface area contributed by atoms with Crippen molar-refractivity contribution in [1.29, 1.82) is 0 Å². The number of nitro groups is 1. The molecular weight excluding hydrogens is 304 g/mol. The predicted octanol–water partition coefficient (Wildman–Crippen LogP) is 3.44. The first kappa shape index (κ1) is 14.3. The second-order valence-corrected chi connectivity index (χ2v) is 5.66. The molecule has 0 radical (unpaired) electrons. The van der Waals surface area contributed by atoms with E-state index in [-0.39, 0.29) is 10.6 Å². The molecule has 0 unspecified atom stereocenters. The van der Waals surface area contributed by atoms with Crippen molar-refractivity contribution in [2.45, 2.75) is 13.5 Å². The van der Waals surface area contributed by atoms with E-state index in [0.717, 1.165) is 34.0 Å². The van der Waals surface area contributed by atoms with Gasteiger partial charge in [0.2, 0.25) is 0 Å². The molecule has 2 aromatic carbocycles. The summed E-state index contributed by atoms with van der Waals surface area (Å²) in [6, 6.07) is 14.6. The molecule has 0 saturated carbocycles. The van der Waals surface area contributed by atoms with Gasteiger partial charge in [0.15, 0.2) is 0 Å². The molecule has 118 valence electrons. The van der Waals surface area contributed by atoms with Gasteiger partial charge in [0.1, 0.15) is 5.82 Å². The van der Waals surface area contributed by atoms with Gasteiger partial charge in [-0.2, -0.15) is 0 Å². The summed E-state index contributed by atoms with van der Waals surface area (Å²) in [5.74, 6) is 0.827. The molecule has 6 nitrogen and oxygen atoms in total. The zero-order valence-electron chi connectivity index (χ0n) is 13.0. The zero-order chi connectivity index (χ0) is 16.7. The fourth-order valence-electron chi connectivity index (χ4n) is 2.98. The Kier molecular flexibility index (Phi) is 3.23. The average Bonchev–Trinajstić information content (AvgIpc) is 2.89. The predicted molar refractivity (Wildman–Crippen MR) is 90.7 cm³/mol. The lowest BCUT2D eigenvalue weighted by Crippen LogP contribution is -2.07. The molecule has 1 aliphatic heterocycles. The van der Waals surface area contributed by atoms with Crippen LogP contribution in [-0.2, 0) is 6.54 Å². The highest BCUT2D eigenvalue weighted by atomic mass is 16.6. The molecule has 0 bridgehead atoms. The molecule has 0 amide bonds. The van der Waals surface area contributed by atoms with E-state index in [0.29, 0.717) is 6.54 Å². The van der Waals surface area contributed by atoms with E-state index in [1.807, 2.05) is 48.0 Å². The average molecular weight is 318 g/mol. The lowest BCUT2D eigenvalue weighted by Gasteiger charge is -2.11. The number of non-ortho nitro benzene ring substituents is 1. The van der Waals surface area contributed by atoms with Gasteiger partial charge in [0, 0.05) is 29.5 Å². The Hall–Kier alpha value is -3.28. The number of rotatable bonds is 2. The van der Waals surface area contributed by atoms with E-state index in [1.165, 1.54) is 6.07 Å². The van der Waals surface area contributed by atoms with E-state index in [9.17, 15) is 10.1 Å². The number of hydrogen-bond donors (Lipinski definition) is 0. The maximum Gasteiger partial charge on any atom is 0.270 e. The molecule has 0 N–H and O–H groups in total. The zero-order valence-corrected chi connectivity index (χ0v) is 13.0. The third-order valence-electron chi connectivity index (χ3n) is 4.03. The number of hydrogen-bond acceptors (Lipinski definition) is 4. The summed E-state index contributed by atoms with van der Waals surface area (Å²) in [7, 11) is 0. The summed E-state index contributed by atoms with van der Waals surface area (Å²) in [6.45, 7) is 2.36. The van der Waals surface area contributed by atoms with Crippen molar-refractivity contribution in [3.8, 4) is 5.69 Å². The molecule has 0 spiro atoms. The van der Waals surface area contributed by atoms with E-state index < -0.39 is 0 Å². The number of imidazole rings is 1. The van der Waals surface area contributed by atoms with Crippen LogP contribution in [0.5, 0.6) is 0 Å². The summed E-state index contributed by atoms with van der Waals surface area (Å²) in [5.41, 5.74) is 4.23. The second-order valence-electron chi connectivity index (χ2n) is 5.66. The molecule has 0 fully saturated rings. The van der Waals surface area contributed by atoms with Crippen molar-refractivity contribution in [2.75, 3.05) is 0 Å². The summed E-state index contributed by atoms with van der Waals surface area (Å²) >= 11 is 0. The smallest absolute Gasteiger partial charge is 0.270 e. The minimum atomic E-state index is -0.381. The van der Waals surface area contributed by atoms with E-state index >= 15 is 0 Å². The molecule has 2 heterocycles. The van der Waals surface area contributed by atoms with Crippen molar-refractivity contribution in [2.24, 2.45) is 4.99 Å². The van der Waals surface area contributed by atoms with Gasteiger partial charge in [0.05, 0.1) is 28.6 Å². The van der Waals surface area contributed by atoms with Gasteiger partial charge in [-0.1, -0.05) is 30.3 Å². The minimum Gasteiger partial charge on any atom is -0.301 e. The highest BCUT2D eigenvalue weighted by Crippen LogP contribution is 2.28. The van der Waals surface area contributed by atoms with Gasteiger partial charge >= 0.3 is 0 Å². The van der Waals surface area contributed by atoms with Crippen LogP contribution in [0.3, 0.4) is 0 Å². The monoisotopic (exact) mass is 318 g/mol. The normalized spacial score (nSPS) is 12.8. The van der Waals surface area contributed by atoms with Crippen molar-refractivity contribution < 1.29 is 4.92 Å². The Morgan fingerprint density at radius 1 is 1.17 bits per heavy atom. The van der Waals surface area contributed by atoms with Crippen molar-refractivity contribution in [3.05, 3.63) is 87.5 Å². The number of nitro benzene ring substituents is 1. The quantitative estimate of drug-likeness (QED) is 0.536. The first-order valence-corrected chi connectivity index (χ1v) is 7.57. The third-order valence-corrected chi connectivity index (χ3v) is 4.03. The lowest BCUT2D eigenvalue weighted by atomic mass is 10.00. The Morgan fingerprint density at radius 2 is 1.96 bits per heavy atom. The third kappa shape index (κ3) is 2.28. The van der Waals surface area contributed by atoms with Crippen LogP contribution in [0.2, 0.25) is 0 Å². The molecule has 0 atom stereocenters. The number of aryl methyl sites for hydroxylation is 1. The van der Waals surface area contributed by atoms with Crippen molar-refractivity contribution >= 4 is 11.4 Å². The Bertz CT molecular complexity index is 974. The SMILES string of the molecule is Cc1cn2c(n1)CN=C(c1ccccc1)c1cc([N+](=O)[O-])ccc1-2. The van der Waals surface area contributed by atoms with Crippen LogP contribution in [0.25, 0.3) is 5.69 Å². The number of aliphatic imine (C=N–C) groups is 1. The number of fused-ring (bicyclic) bond motifs is 3. The maximum atomic E-state index is 11.2. The molecule has 4 rings (SSSR count). The largest absolute Gasteiger partial charge is 0.301 e. The fraction of sp³-hybridized carbons (Fsp3) is 0.111. The molecule has 24 heavy (non-hydrogen) atoms. The first-order chi connectivity index (χ1) is 11.6. The first-order valence-electron chi connectivity index (χ1n) is 7.57. The van der Waals surface area contributed by atoms with Gasteiger partial charge in [0.25, 0.3) is 5.69 Å². The highest BCUT2D eigenvalue weighted by Gasteiger charge is 2.22. The number of benzene rings is 2. The maximum absolute atomic E-state index is 11.2. The van der Waals surface area contributed by atoms with Gasteiger partial charge < -0.3 is 4.57 Å². The topological polar surface area (TPSA) is 73.3 Å². The number of nitrogens with zero attached hydrogens (tertiary/aromatic N) is 4. The minimum absolute atomic E-state index is 0.0534. The molecule has 1 aliphatic rings. The van der Waals surface area contributed by atoms with Crippen LogP contribution < -0.4 is 0 Å². The summed E-state index contributed by atoms with van der Waals surface area (Å²) < 4.78 is 1.97. The Morgan fingerprint density at radius 3 is 2.71 bits per heavy atom. The van der Waals surface area contributed by atoms with Crippen LogP contribution in [-0.4, -0.2) is 20.2 Å². The standard InChI is InChI=1S/C18H14N4O2/c1-12-11-21-16-8-7-14(22(23)24)9-15(16)18(19-10-17(21)20-12)13-5-3-2-4-6-13/h2-9,11H,10H2,1H3. The van der Waals surface area contributed by atoms with Gasteiger partial charge in [-0.15, -0.1) is 0 Å². The van der Waals surface area contributed by atoms with E-state index in [4.69, 9.17) is 4.99 Å². The van der Waals surface area contributed by atoms with Crippen molar-refractivity contribution in [1.82, 2.24) is 9.55 Å². The summed E-state index contributed by atoms with van der Waals surface area (Å²) in [6.07, 6.45) is 1.93. The van der Waals surface area contributed by atoms with Gasteiger partial charge in [-0.05, 0) is 13.0 Å². The van der Waals surface area contributed by atoms with Crippen LogP contribution in [0, 0.1) is 17.0 Å². The molecule has 3 aromatic rings. The fourth-order valence-corrected chi connectivity index (χ4v) is 2.98. The molecule has 0 saturated heterocycles. The molecule has 6 heteroatoms. The van der Waals surface area contributed by atoms with Crippen LogP contribution in [0.15, 0.2) is 59.7 Å². The van der Waals surface area contributed by atoms with Crippen LogP contribution >= 0.6 is 0 Å². The second kappa shape index (κ2) is 5.42. The summed E-state index contributed by atoms with van der Waals surface area (Å²) in [4.78, 5) is 20.0. The van der Waals surface area contributed by atoms with E-state index in [2.05, 4.69) is 4.98 Å².